The van der Waals surface area contributed by atoms with Crippen molar-refractivity contribution in [3.8, 4) is 11.5 Å². The van der Waals surface area contributed by atoms with Crippen LogP contribution in [0, 0.1) is 0 Å². The molecule has 0 aliphatic carbocycles. The van der Waals surface area contributed by atoms with Gasteiger partial charge < -0.3 is 14.6 Å². The molecule has 1 aliphatic rings. The lowest BCUT2D eigenvalue weighted by molar-refractivity contribution is -0.132. The highest BCUT2D eigenvalue weighted by atomic mass is 32.1. The molecule has 182 valence electrons. The van der Waals surface area contributed by atoms with Gasteiger partial charge in [0.25, 0.3) is 5.78 Å². The van der Waals surface area contributed by atoms with Gasteiger partial charge in [-0.3, -0.25) is 14.5 Å². The van der Waals surface area contributed by atoms with E-state index >= 15 is 0 Å². The monoisotopic (exact) mass is 500 g/mol. The summed E-state index contributed by atoms with van der Waals surface area (Å²) in [5.41, 5.74) is 2.83. The van der Waals surface area contributed by atoms with E-state index in [0.717, 1.165) is 22.2 Å². The Morgan fingerprint density at radius 3 is 2.47 bits per heavy atom. The fourth-order valence-electron chi connectivity index (χ4n) is 4.40. The summed E-state index contributed by atoms with van der Waals surface area (Å²) in [6, 6.07) is 18.8. The number of ketones is 1. The summed E-state index contributed by atoms with van der Waals surface area (Å²) in [5, 5.41) is 11.7. The number of nitrogens with zero attached hydrogens (tertiary/aromatic N) is 2. The summed E-state index contributed by atoms with van der Waals surface area (Å²) in [6.45, 7) is 2.07. The second kappa shape index (κ2) is 9.47. The third-order valence-corrected chi connectivity index (χ3v) is 7.31. The summed E-state index contributed by atoms with van der Waals surface area (Å²) >= 11 is 1.34. The molecular formula is C28H24N2O5S. The average Bonchev–Trinajstić information content (AvgIpc) is 3.45. The Morgan fingerprint density at radius 1 is 1.03 bits per heavy atom. The highest BCUT2D eigenvalue weighted by Crippen LogP contribution is 2.46. The number of ether oxygens (including phenoxy) is 2. The van der Waals surface area contributed by atoms with E-state index in [4.69, 9.17) is 9.47 Å². The number of aromatic nitrogens is 1. The first-order chi connectivity index (χ1) is 17.5. The van der Waals surface area contributed by atoms with E-state index in [1.807, 2.05) is 24.3 Å². The Labute approximate surface area is 212 Å². The maximum Gasteiger partial charge on any atom is 0.301 e. The minimum absolute atomic E-state index is 0.0248. The Bertz CT molecular complexity index is 1510. The van der Waals surface area contributed by atoms with Gasteiger partial charge in [-0.25, -0.2) is 4.98 Å². The zero-order valence-electron chi connectivity index (χ0n) is 20.0. The second-order valence-corrected chi connectivity index (χ2v) is 9.30. The summed E-state index contributed by atoms with van der Waals surface area (Å²) in [7, 11) is 3.07. The number of aliphatic hydroxyl groups excluding tert-OH is 1. The number of Topliss-reactive ketones (excluding diaryl/α,β-unsaturated/α-hetero) is 1. The Hall–Kier alpha value is -4.17. The number of methoxy groups -OCH3 is 2. The summed E-state index contributed by atoms with van der Waals surface area (Å²) < 4.78 is 11.7. The minimum Gasteiger partial charge on any atom is -0.507 e. The van der Waals surface area contributed by atoms with E-state index in [2.05, 4.69) is 11.9 Å². The Morgan fingerprint density at radius 2 is 1.78 bits per heavy atom. The quantitative estimate of drug-likeness (QED) is 0.214. The molecule has 36 heavy (non-hydrogen) atoms. The van der Waals surface area contributed by atoms with E-state index < -0.39 is 17.7 Å². The van der Waals surface area contributed by atoms with Crippen LogP contribution in [-0.4, -0.2) is 36.0 Å². The lowest BCUT2D eigenvalue weighted by atomic mass is 9.94. The minimum atomic E-state index is -0.922. The molecule has 0 saturated carbocycles. The topological polar surface area (TPSA) is 89.0 Å². The van der Waals surface area contributed by atoms with E-state index in [1.165, 1.54) is 23.3 Å². The Kier molecular flexibility index (Phi) is 6.20. The molecule has 1 N–H and O–H groups in total. The number of rotatable bonds is 6. The summed E-state index contributed by atoms with van der Waals surface area (Å²) in [6.07, 6.45) is 0.872. The first-order valence-corrected chi connectivity index (χ1v) is 12.3. The number of anilines is 1. The molecule has 0 unspecified atom stereocenters. The average molecular weight is 501 g/mol. The molecule has 0 spiro atoms. The molecule has 4 aromatic rings. The van der Waals surface area contributed by atoms with Gasteiger partial charge in [-0.05, 0) is 54.4 Å². The van der Waals surface area contributed by atoms with Gasteiger partial charge in [-0.1, -0.05) is 42.5 Å². The molecule has 7 nitrogen and oxygen atoms in total. The van der Waals surface area contributed by atoms with Gasteiger partial charge in [0.1, 0.15) is 23.3 Å². The van der Waals surface area contributed by atoms with Crippen molar-refractivity contribution in [2.45, 2.75) is 19.4 Å². The number of fused-ring (bicyclic) bond motifs is 1. The first-order valence-electron chi connectivity index (χ1n) is 11.4. The van der Waals surface area contributed by atoms with Gasteiger partial charge >= 0.3 is 5.91 Å². The van der Waals surface area contributed by atoms with Gasteiger partial charge in [0.05, 0.1) is 30.0 Å². The van der Waals surface area contributed by atoms with Crippen molar-refractivity contribution in [1.82, 2.24) is 4.98 Å². The molecule has 1 atom stereocenters. The van der Waals surface area contributed by atoms with Crippen LogP contribution in [0.2, 0.25) is 0 Å². The maximum atomic E-state index is 13.5. The lowest BCUT2D eigenvalue weighted by Gasteiger charge is -2.24. The standard InChI is InChI=1S/C28H24N2O5S/c1-4-16-9-14-20-22(15-16)36-28(29-20)30-24(19-7-5-6-8-21(19)35-3)23(26(32)27(30)33)25(31)17-10-12-18(34-2)13-11-17/h5-15,24,31H,4H2,1-3H3/t24-/m0/s1. The molecule has 8 heteroatoms. The van der Waals surface area contributed by atoms with E-state index in [-0.39, 0.29) is 11.3 Å². The van der Waals surface area contributed by atoms with Gasteiger partial charge in [0.15, 0.2) is 5.13 Å². The molecule has 2 heterocycles. The van der Waals surface area contributed by atoms with Crippen LogP contribution in [0.5, 0.6) is 11.5 Å². The van der Waals surface area contributed by atoms with Crippen molar-refractivity contribution in [2.75, 3.05) is 19.1 Å². The van der Waals surface area contributed by atoms with Crippen LogP contribution in [0.1, 0.15) is 29.7 Å². The molecule has 1 fully saturated rings. The fraction of sp³-hybridized carbons (Fsp3) is 0.179. The molecular weight excluding hydrogens is 476 g/mol. The smallest absolute Gasteiger partial charge is 0.301 e. The van der Waals surface area contributed by atoms with Gasteiger partial charge in [-0.2, -0.15) is 0 Å². The van der Waals surface area contributed by atoms with Crippen molar-refractivity contribution < 1.29 is 24.2 Å². The number of hydrogen-bond donors (Lipinski definition) is 1. The maximum absolute atomic E-state index is 13.5. The molecule has 1 aliphatic heterocycles. The molecule has 1 aromatic heterocycles. The third kappa shape index (κ3) is 3.89. The predicted octanol–water partition coefficient (Wildman–Crippen LogP) is 5.50. The van der Waals surface area contributed by atoms with E-state index in [1.54, 1.807) is 49.6 Å². The van der Waals surface area contributed by atoms with Crippen LogP contribution < -0.4 is 14.4 Å². The van der Waals surface area contributed by atoms with Gasteiger partial charge in [-0.15, -0.1) is 0 Å². The number of aryl methyl sites for hydroxylation is 1. The van der Waals surface area contributed by atoms with Crippen molar-refractivity contribution in [3.63, 3.8) is 0 Å². The number of hydrogen-bond acceptors (Lipinski definition) is 7. The van der Waals surface area contributed by atoms with Crippen LogP contribution in [0.25, 0.3) is 16.0 Å². The zero-order chi connectivity index (χ0) is 25.4. The molecule has 0 radical (unpaired) electrons. The van der Waals surface area contributed by atoms with Crippen LogP contribution in [-0.2, 0) is 16.0 Å². The van der Waals surface area contributed by atoms with E-state index in [9.17, 15) is 14.7 Å². The molecule has 1 amide bonds. The normalized spacial score (nSPS) is 17.1. The van der Waals surface area contributed by atoms with Crippen LogP contribution >= 0.6 is 11.3 Å². The fourth-order valence-corrected chi connectivity index (χ4v) is 5.46. The lowest BCUT2D eigenvalue weighted by Crippen LogP contribution is -2.29. The SMILES string of the molecule is CCc1ccc2nc(N3C(=O)C(=O)C(=C(O)c4ccc(OC)cc4)[C@@H]3c3ccccc3OC)sc2c1. The zero-order valence-corrected chi connectivity index (χ0v) is 20.8. The molecule has 0 bridgehead atoms. The highest BCUT2D eigenvalue weighted by molar-refractivity contribution is 7.22. The van der Waals surface area contributed by atoms with Gasteiger partial charge in [0.2, 0.25) is 0 Å². The van der Waals surface area contributed by atoms with Crippen molar-refractivity contribution >= 4 is 44.1 Å². The third-order valence-electron chi connectivity index (χ3n) is 6.30. The Balaban J connectivity index is 1.73. The molecule has 1 saturated heterocycles. The largest absolute Gasteiger partial charge is 0.507 e. The van der Waals surface area contributed by atoms with Crippen LogP contribution in [0.3, 0.4) is 0 Å². The number of carbonyl (C=O) groups excluding carboxylic acids is 2. The first kappa shape index (κ1) is 23.6. The van der Waals surface area contributed by atoms with Crippen LogP contribution in [0.4, 0.5) is 5.13 Å². The number of carbonyl (C=O) groups is 2. The number of amides is 1. The number of benzene rings is 3. The molecule has 3 aromatic carbocycles. The number of aliphatic hydroxyl groups is 1. The number of thiazole rings is 1. The second-order valence-electron chi connectivity index (χ2n) is 8.29. The predicted molar refractivity (Wildman–Crippen MR) is 140 cm³/mol. The van der Waals surface area contributed by atoms with Crippen LogP contribution in [0.15, 0.2) is 72.3 Å². The van der Waals surface area contributed by atoms with Crippen molar-refractivity contribution in [3.05, 3.63) is 89.0 Å². The van der Waals surface area contributed by atoms with Gasteiger partial charge in [0, 0.05) is 11.1 Å². The highest BCUT2D eigenvalue weighted by Gasteiger charge is 2.49. The van der Waals surface area contributed by atoms with Crippen molar-refractivity contribution in [1.29, 1.82) is 0 Å². The molecule has 5 rings (SSSR count). The summed E-state index contributed by atoms with van der Waals surface area (Å²) in [4.78, 5) is 33.0. The number of para-hydroxylation sites is 1. The van der Waals surface area contributed by atoms with Crippen molar-refractivity contribution in [2.24, 2.45) is 0 Å². The summed E-state index contributed by atoms with van der Waals surface area (Å²) in [5.74, 6) is -0.717. The van der Waals surface area contributed by atoms with E-state index in [0.29, 0.717) is 27.8 Å².